The molecular weight excluding hydrogens is 364 g/mol. The highest BCUT2D eigenvalue weighted by molar-refractivity contribution is 5.73. The molecule has 0 unspecified atom stereocenters. The molecule has 3 fully saturated rings. The van der Waals surface area contributed by atoms with E-state index in [1.165, 1.54) is 12.8 Å². The van der Waals surface area contributed by atoms with Crippen LogP contribution in [0.2, 0.25) is 0 Å². The van der Waals surface area contributed by atoms with Crippen LogP contribution in [-0.2, 0) is 7.05 Å². The van der Waals surface area contributed by atoms with Gasteiger partial charge in [0.2, 0.25) is 0 Å². The Balaban J connectivity index is 1.28. The second-order valence-electron chi connectivity index (χ2n) is 8.70. The van der Waals surface area contributed by atoms with Crippen LogP contribution in [0, 0.1) is 17.2 Å². The first kappa shape index (κ1) is 17.0. The molecule has 6 rings (SSSR count). The van der Waals surface area contributed by atoms with Crippen molar-refractivity contribution >= 4 is 11.3 Å². The number of hydrogen-bond donors (Lipinski definition) is 0. The molecule has 8 heteroatoms. The second kappa shape index (κ2) is 6.29. The van der Waals surface area contributed by atoms with Crippen molar-refractivity contribution in [3.05, 3.63) is 30.9 Å². The summed E-state index contributed by atoms with van der Waals surface area (Å²) in [6.07, 6.45) is 12.3. The van der Waals surface area contributed by atoms with Gasteiger partial charge in [0, 0.05) is 55.9 Å². The third-order valence-electron chi connectivity index (χ3n) is 6.94. The highest BCUT2D eigenvalue weighted by atomic mass is 15.4. The van der Waals surface area contributed by atoms with Crippen LogP contribution in [-0.4, -0.2) is 60.5 Å². The lowest BCUT2D eigenvalue weighted by Gasteiger charge is -2.49. The molecule has 0 spiro atoms. The molecule has 0 N–H and O–H groups in total. The summed E-state index contributed by atoms with van der Waals surface area (Å²) in [6, 6.07) is 6.31. The molecular formula is C21H24N8. The Morgan fingerprint density at radius 2 is 1.86 bits per heavy atom. The quantitative estimate of drug-likeness (QED) is 0.684. The minimum Gasteiger partial charge on any atom is -0.365 e. The van der Waals surface area contributed by atoms with Crippen LogP contribution in [0.15, 0.2) is 30.9 Å². The number of imidazole rings is 1. The zero-order chi connectivity index (χ0) is 19.5. The smallest absolute Gasteiger partial charge is 0.177 e. The molecule has 2 aliphatic heterocycles. The van der Waals surface area contributed by atoms with E-state index in [-0.39, 0.29) is 5.92 Å². The van der Waals surface area contributed by atoms with Crippen molar-refractivity contribution in [3.8, 4) is 17.3 Å². The molecule has 3 aromatic rings. The standard InChI is InChI=1S/C21H24N8/c1-26-10-15(9-24-26)19-13-28-21(25-19)20(4-5-23-28)27-11-16-2-3-17(12-27)29(16)18-6-14(7-18)8-22/h4-5,9-10,13-14,16-18H,2-3,6-7,11-12H2,1H3/t14?,16-,17-,18?/m1/s1. The van der Waals surface area contributed by atoms with Gasteiger partial charge in [-0.05, 0) is 31.7 Å². The Kier molecular flexibility index (Phi) is 3.68. The summed E-state index contributed by atoms with van der Waals surface area (Å²) in [5.41, 5.74) is 3.98. The molecule has 1 aliphatic carbocycles. The summed E-state index contributed by atoms with van der Waals surface area (Å²) < 4.78 is 3.68. The lowest BCUT2D eigenvalue weighted by molar-refractivity contribution is 0.0439. The van der Waals surface area contributed by atoms with E-state index in [1.54, 1.807) is 4.68 Å². The maximum Gasteiger partial charge on any atom is 0.177 e. The third-order valence-corrected chi connectivity index (χ3v) is 6.94. The fourth-order valence-electron chi connectivity index (χ4n) is 5.49. The van der Waals surface area contributed by atoms with Crippen LogP contribution in [0.1, 0.15) is 25.7 Å². The van der Waals surface area contributed by atoms with Gasteiger partial charge >= 0.3 is 0 Å². The number of rotatable bonds is 3. The van der Waals surface area contributed by atoms with E-state index in [1.807, 2.05) is 36.4 Å². The number of anilines is 1. The SMILES string of the molecule is Cn1cc(-c2cn3nccc(N4C[C@H]5CC[C@H](C4)N5C4CC(C#N)C4)c3n2)cn1. The van der Waals surface area contributed by atoms with Crippen molar-refractivity contribution < 1.29 is 0 Å². The number of piperazine rings is 1. The van der Waals surface area contributed by atoms with Crippen molar-refractivity contribution in [1.82, 2.24) is 29.3 Å². The minimum atomic E-state index is 0.271. The van der Waals surface area contributed by atoms with Gasteiger partial charge in [-0.3, -0.25) is 9.58 Å². The van der Waals surface area contributed by atoms with Gasteiger partial charge in [-0.2, -0.15) is 15.5 Å². The predicted molar refractivity (Wildman–Crippen MR) is 108 cm³/mol. The average Bonchev–Trinajstić information content (AvgIpc) is 3.37. The van der Waals surface area contributed by atoms with Crippen LogP contribution >= 0.6 is 0 Å². The number of aryl methyl sites for hydroxylation is 1. The van der Waals surface area contributed by atoms with Gasteiger partial charge < -0.3 is 4.90 Å². The molecule has 0 amide bonds. The zero-order valence-electron chi connectivity index (χ0n) is 16.5. The number of nitriles is 1. The molecule has 2 saturated heterocycles. The molecule has 5 heterocycles. The Labute approximate surface area is 169 Å². The first-order chi connectivity index (χ1) is 14.2. The number of hydrogen-bond acceptors (Lipinski definition) is 6. The molecule has 29 heavy (non-hydrogen) atoms. The predicted octanol–water partition coefficient (Wildman–Crippen LogP) is 2.08. The first-order valence-electron chi connectivity index (χ1n) is 10.4. The molecule has 0 radical (unpaired) electrons. The topological polar surface area (TPSA) is 78.3 Å². The van der Waals surface area contributed by atoms with Gasteiger partial charge in [0.05, 0.1) is 36.0 Å². The van der Waals surface area contributed by atoms with Gasteiger partial charge in [0.1, 0.15) is 0 Å². The highest BCUT2D eigenvalue weighted by Gasteiger charge is 2.47. The third kappa shape index (κ3) is 2.64. The van der Waals surface area contributed by atoms with Crippen molar-refractivity contribution in [2.45, 2.75) is 43.8 Å². The molecule has 0 aromatic carbocycles. The molecule has 3 aromatic heterocycles. The van der Waals surface area contributed by atoms with E-state index >= 15 is 0 Å². The molecule has 148 valence electrons. The lowest BCUT2D eigenvalue weighted by atomic mass is 9.79. The largest absolute Gasteiger partial charge is 0.365 e. The number of aromatic nitrogens is 5. The van der Waals surface area contributed by atoms with Crippen LogP contribution in [0.4, 0.5) is 5.69 Å². The monoisotopic (exact) mass is 388 g/mol. The van der Waals surface area contributed by atoms with Gasteiger partial charge in [-0.15, -0.1) is 0 Å². The van der Waals surface area contributed by atoms with E-state index in [0.717, 1.165) is 48.5 Å². The summed E-state index contributed by atoms with van der Waals surface area (Å²) in [5.74, 6) is 0.271. The van der Waals surface area contributed by atoms with Gasteiger partial charge in [0.25, 0.3) is 0 Å². The van der Waals surface area contributed by atoms with E-state index in [0.29, 0.717) is 18.1 Å². The first-order valence-corrected chi connectivity index (χ1v) is 10.4. The maximum atomic E-state index is 9.13. The highest BCUT2D eigenvalue weighted by Crippen LogP contribution is 2.41. The van der Waals surface area contributed by atoms with E-state index in [9.17, 15) is 0 Å². The molecule has 3 aliphatic rings. The molecule has 2 bridgehead atoms. The number of nitrogens with zero attached hydrogens (tertiary/aromatic N) is 8. The Bertz CT molecular complexity index is 1090. The van der Waals surface area contributed by atoms with Crippen LogP contribution in [0.5, 0.6) is 0 Å². The average molecular weight is 388 g/mol. The van der Waals surface area contributed by atoms with E-state index < -0.39 is 0 Å². The van der Waals surface area contributed by atoms with E-state index in [2.05, 4.69) is 32.1 Å². The summed E-state index contributed by atoms with van der Waals surface area (Å²) in [7, 11) is 1.92. The Morgan fingerprint density at radius 1 is 1.07 bits per heavy atom. The summed E-state index contributed by atoms with van der Waals surface area (Å²) in [6.45, 7) is 2.05. The summed E-state index contributed by atoms with van der Waals surface area (Å²) in [4.78, 5) is 10.1. The summed E-state index contributed by atoms with van der Waals surface area (Å²) in [5, 5.41) is 17.9. The Morgan fingerprint density at radius 3 is 2.55 bits per heavy atom. The van der Waals surface area contributed by atoms with Crippen molar-refractivity contribution in [3.63, 3.8) is 0 Å². The summed E-state index contributed by atoms with van der Waals surface area (Å²) >= 11 is 0. The molecule has 2 atom stereocenters. The fourth-order valence-corrected chi connectivity index (χ4v) is 5.49. The van der Waals surface area contributed by atoms with Gasteiger partial charge in [-0.25, -0.2) is 9.50 Å². The molecule has 1 saturated carbocycles. The minimum absolute atomic E-state index is 0.271. The van der Waals surface area contributed by atoms with Crippen LogP contribution < -0.4 is 4.90 Å². The lowest BCUT2D eigenvalue weighted by Crippen LogP contribution is -2.60. The molecule has 8 nitrogen and oxygen atoms in total. The fraction of sp³-hybridized carbons (Fsp3) is 0.524. The van der Waals surface area contributed by atoms with Crippen LogP contribution in [0.25, 0.3) is 16.9 Å². The zero-order valence-corrected chi connectivity index (χ0v) is 16.5. The van der Waals surface area contributed by atoms with Crippen molar-refractivity contribution in [2.75, 3.05) is 18.0 Å². The van der Waals surface area contributed by atoms with Gasteiger partial charge in [0.15, 0.2) is 5.65 Å². The van der Waals surface area contributed by atoms with Gasteiger partial charge in [-0.1, -0.05) is 0 Å². The van der Waals surface area contributed by atoms with Crippen LogP contribution in [0.3, 0.4) is 0 Å². The Hall–Kier alpha value is -2.92. The maximum absolute atomic E-state index is 9.13. The second-order valence-corrected chi connectivity index (χ2v) is 8.70. The number of fused-ring (bicyclic) bond motifs is 3. The normalized spacial score (nSPS) is 29.2. The van der Waals surface area contributed by atoms with Crippen molar-refractivity contribution in [2.24, 2.45) is 13.0 Å². The van der Waals surface area contributed by atoms with E-state index in [4.69, 9.17) is 10.2 Å². The van der Waals surface area contributed by atoms with Crippen molar-refractivity contribution in [1.29, 1.82) is 5.26 Å².